The van der Waals surface area contributed by atoms with Crippen molar-refractivity contribution < 1.29 is 26.5 Å². The van der Waals surface area contributed by atoms with Crippen molar-refractivity contribution in [1.29, 1.82) is 0 Å². The summed E-state index contributed by atoms with van der Waals surface area (Å²) >= 11 is 0. The van der Waals surface area contributed by atoms with Gasteiger partial charge in [-0.3, -0.25) is 4.31 Å². The minimum absolute atomic E-state index is 0.116. The topological polar surface area (TPSA) is 111 Å². The van der Waals surface area contributed by atoms with Crippen LogP contribution in [0.5, 0.6) is 0 Å². The van der Waals surface area contributed by atoms with E-state index in [-0.39, 0.29) is 5.69 Å². The van der Waals surface area contributed by atoms with E-state index in [2.05, 4.69) is 4.40 Å². The van der Waals surface area contributed by atoms with E-state index >= 15 is 0 Å². The van der Waals surface area contributed by atoms with Gasteiger partial charge in [0, 0.05) is 11.4 Å². The summed E-state index contributed by atoms with van der Waals surface area (Å²) in [6.07, 6.45) is 2.14. The Morgan fingerprint density at radius 1 is 1.44 bits per heavy atom. The zero-order valence-electron chi connectivity index (χ0n) is 9.43. The summed E-state index contributed by atoms with van der Waals surface area (Å²) in [5, 5.41) is 10.9. The Labute approximate surface area is 104 Å². The van der Waals surface area contributed by atoms with Gasteiger partial charge in [0.05, 0.1) is 12.5 Å². The second-order valence-corrected chi connectivity index (χ2v) is 7.18. The van der Waals surface area contributed by atoms with Crippen molar-refractivity contribution in [3.8, 4) is 0 Å². The molecule has 1 aliphatic heterocycles. The molecule has 10 heteroatoms. The fourth-order valence-corrected chi connectivity index (χ4v) is 3.30. The zero-order valence-corrected chi connectivity index (χ0v) is 11.1. The van der Waals surface area contributed by atoms with E-state index in [0.29, 0.717) is 0 Å². The molecule has 0 unspecified atom stereocenters. The Hall–Kier alpha value is -1.68. The first-order valence-corrected chi connectivity index (χ1v) is 7.94. The lowest BCUT2D eigenvalue weighted by Gasteiger charge is -2.16. The van der Waals surface area contributed by atoms with Gasteiger partial charge in [-0.1, -0.05) is 0 Å². The van der Waals surface area contributed by atoms with E-state index in [1.165, 1.54) is 25.4 Å². The summed E-state index contributed by atoms with van der Waals surface area (Å²) in [5.74, 6) is 0. The van der Waals surface area contributed by atoms with Gasteiger partial charge in [0.1, 0.15) is 5.69 Å². The van der Waals surface area contributed by atoms with Crippen molar-refractivity contribution >= 4 is 31.8 Å². The molecule has 18 heavy (non-hydrogen) atoms. The first-order valence-electron chi connectivity index (χ1n) is 4.65. The minimum atomic E-state index is -4.16. The average Bonchev–Trinajstić information content (AvgIpc) is 2.47. The number of hydrogen-bond donors (Lipinski definition) is 0. The number of fused-ring (bicyclic) bond motifs is 1. The van der Waals surface area contributed by atoms with Crippen LogP contribution in [0.2, 0.25) is 0 Å². The molecule has 0 aliphatic carbocycles. The summed E-state index contributed by atoms with van der Waals surface area (Å²) in [5.41, 5.74) is -0.116. The maximum Gasteiger partial charge on any atom is 0.408 e. The molecular formula is C8H9N3O5S2. The molecule has 0 aromatic carbocycles. The summed E-state index contributed by atoms with van der Waals surface area (Å²) in [6, 6.07) is 1.70. The Bertz CT molecular complexity index is 751. The van der Waals surface area contributed by atoms with Crippen LogP contribution >= 0.6 is 0 Å². The van der Waals surface area contributed by atoms with Gasteiger partial charge in [0.2, 0.25) is 10.0 Å². The summed E-state index contributed by atoms with van der Waals surface area (Å²) in [4.78, 5) is 0. The highest BCUT2D eigenvalue weighted by Crippen LogP contribution is 2.25. The van der Waals surface area contributed by atoms with Crippen molar-refractivity contribution in [2.75, 3.05) is 17.6 Å². The maximum atomic E-state index is 11.7. The molecule has 0 saturated carbocycles. The fourth-order valence-electron chi connectivity index (χ4n) is 1.50. The molecule has 1 aromatic heterocycles. The van der Waals surface area contributed by atoms with E-state index in [1.807, 2.05) is 0 Å². The number of pyridine rings is 1. The van der Waals surface area contributed by atoms with Gasteiger partial charge >= 0.3 is 10.0 Å². The second-order valence-electron chi connectivity index (χ2n) is 3.65. The molecule has 0 saturated heterocycles. The van der Waals surface area contributed by atoms with E-state index in [0.717, 1.165) is 15.1 Å². The molecule has 0 atom stereocenters. The number of nitrogens with zero attached hydrogens (tertiary/aromatic N) is 3. The van der Waals surface area contributed by atoms with Gasteiger partial charge in [-0.05, 0) is 12.1 Å². The number of hydrogen-bond acceptors (Lipinski definition) is 5. The highest BCUT2D eigenvalue weighted by molar-refractivity contribution is 7.92. The highest BCUT2D eigenvalue weighted by Gasteiger charge is 2.39. The molecule has 8 nitrogen and oxygen atoms in total. The van der Waals surface area contributed by atoms with E-state index in [4.69, 9.17) is 0 Å². The molecule has 2 heterocycles. The smallest absolute Gasteiger partial charge is 0.408 e. The van der Waals surface area contributed by atoms with Crippen molar-refractivity contribution in [3.05, 3.63) is 18.3 Å². The van der Waals surface area contributed by atoms with Crippen molar-refractivity contribution in [2.45, 2.75) is 5.03 Å². The number of aromatic nitrogens is 1. The van der Waals surface area contributed by atoms with Gasteiger partial charge < -0.3 is 5.11 Å². The van der Waals surface area contributed by atoms with Crippen LogP contribution in [0.1, 0.15) is 0 Å². The third kappa shape index (κ3) is 1.82. The standard InChI is InChI=1S/C8H9N3O5S2/c1-10(17(2,13)14)6-4-3-5-11-7(6)18(15,16)9-8(11)12/h3-5H,1-2H3. The molecule has 2 rings (SSSR count). The van der Waals surface area contributed by atoms with Crippen LogP contribution in [0.25, 0.3) is 0 Å². The second kappa shape index (κ2) is 3.65. The van der Waals surface area contributed by atoms with Crippen LogP contribution < -0.4 is 14.0 Å². The average molecular weight is 291 g/mol. The number of sulfonamides is 2. The predicted molar refractivity (Wildman–Crippen MR) is 59.9 cm³/mol. The molecule has 0 N–H and O–H groups in total. The van der Waals surface area contributed by atoms with Crippen LogP contribution in [-0.2, 0) is 20.0 Å². The van der Waals surface area contributed by atoms with Crippen LogP contribution in [0.3, 0.4) is 0 Å². The van der Waals surface area contributed by atoms with Crippen molar-refractivity contribution in [2.24, 2.45) is 4.40 Å². The van der Waals surface area contributed by atoms with Crippen molar-refractivity contribution in [3.63, 3.8) is 0 Å². The minimum Gasteiger partial charge on any atom is -0.806 e. The summed E-state index contributed by atoms with van der Waals surface area (Å²) < 4.78 is 50.8. The van der Waals surface area contributed by atoms with E-state index in [1.54, 1.807) is 0 Å². The Kier molecular flexibility index (Phi) is 2.59. The maximum absolute atomic E-state index is 11.7. The summed E-state index contributed by atoms with van der Waals surface area (Å²) in [7, 11) is -6.60. The molecule has 0 radical (unpaired) electrons. The van der Waals surface area contributed by atoms with Crippen LogP contribution in [0.4, 0.5) is 5.69 Å². The molecule has 1 aromatic rings. The third-order valence-electron chi connectivity index (χ3n) is 2.41. The Morgan fingerprint density at radius 2 is 2.06 bits per heavy atom. The SMILES string of the molecule is CN(c1ccc[n+]2c1S(=O)(=O)N=C2[O-])S(C)(=O)=O. The van der Waals surface area contributed by atoms with E-state index < -0.39 is 31.1 Å². The summed E-state index contributed by atoms with van der Waals surface area (Å²) in [6.45, 7) is 0. The molecule has 98 valence electrons. The van der Waals surface area contributed by atoms with Crippen LogP contribution in [0, 0.1) is 0 Å². The number of anilines is 1. The normalized spacial score (nSPS) is 17.1. The molecule has 0 amide bonds. The highest BCUT2D eigenvalue weighted by atomic mass is 32.2. The Morgan fingerprint density at radius 3 is 2.61 bits per heavy atom. The van der Waals surface area contributed by atoms with Gasteiger partial charge in [-0.2, -0.15) is 13.0 Å². The lowest BCUT2D eigenvalue weighted by molar-refractivity contribution is -0.645. The van der Waals surface area contributed by atoms with Crippen LogP contribution in [-0.4, -0.2) is 36.2 Å². The fraction of sp³-hybridized carbons (Fsp3) is 0.250. The van der Waals surface area contributed by atoms with Crippen LogP contribution in [0.15, 0.2) is 27.8 Å². The largest absolute Gasteiger partial charge is 0.806 e. The molecule has 0 spiro atoms. The van der Waals surface area contributed by atoms with Gasteiger partial charge in [-0.25, -0.2) is 8.42 Å². The van der Waals surface area contributed by atoms with Gasteiger partial charge in [0.15, 0.2) is 0 Å². The molecule has 0 fully saturated rings. The first-order chi connectivity index (χ1) is 8.14. The van der Waals surface area contributed by atoms with Gasteiger partial charge in [-0.15, -0.1) is 0 Å². The lowest BCUT2D eigenvalue weighted by Crippen LogP contribution is -2.50. The zero-order chi connectivity index (χ0) is 13.7. The third-order valence-corrected chi connectivity index (χ3v) is 4.90. The lowest BCUT2D eigenvalue weighted by atomic mass is 10.4. The first kappa shape index (κ1) is 12.8. The Balaban J connectivity index is 2.78. The molecule has 1 aliphatic rings. The van der Waals surface area contributed by atoms with Crippen molar-refractivity contribution in [1.82, 2.24) is 0 Å². The van der Waals surface area contributed by atoms with Gasteiger partial charge in [0.25, 0.3) is 11.0 Å². The quantitative estimate of drug-likeness (QED) is 0.566. The molecular weight excluding hydrogens is 282 g/mol. The number of rotatable bonds is 2. The van der Waals surface area contributed by atoms with E-state index in [9.17, 15) is 21.9 Å². The monoisotopic (exact) mass is 291 g/mol. The predicted octanol–water partition coefficient (Wildman–Crippen LogP) is -2.36. The molecule has 0 bridgehead atoms.